The average Bonchev–Trinajstić information content (AvgIpc) is 2.75. The van der Waals surface area contributed by atoms with Gasteiger partial charge in [0.2, 0.25) is 11.7 Å². The van der Waals surface area contributed by atoms with E-state index in [1.807, 2.05) is 0 Å². The van der Waals surface area contributed by atoms with Crippen LogP contribution in [0.1, 0.15) is 5.89 Å². The molecule has 0 aliphatic heterocycles. The van der Waals surface area contributed by atoms with Crippen molar-refractivity contribution in [3.8, 4) is 11.6 Å². The Morgan fingerprint density at radius 3 is 3.00 bits per heavy atom. The normalized spacial score (nSPS) is 10.0. The second-order valence-electron chi connectivity index (χ2n) is 2.14. The van der Waals surface area contributed by atoms with Crippen LogP contribution in [0.25, 0.3) is 17.7 Å². The van der Waals surface area contributed by atoms with Crippen molar-refractivity contribution in [2.75, 3.05) is 0 Å². The third-order valence-corrected chi connectivity index (χ3v) is 1.36. The van der Waals surface area contributed by atoms with Crippen LogP contribution < -0.4 is 0 Å². The lowest BCUT2D eigenvalue weighted by molar-refractivity contribution is 0.409. The molecule has 60 valence electrons. The van der Waals surface area contributed by atoms with Crippen LogP contribution in [0, 0.1) is 0 Å². The van der Waals surface area contributed by atoms with Crippen LogP contribution in [-0.2, 0) is 0 Å². The molecular weight excluding hydrogens is 156 g/mol. The average molecular weight is 162 g/mol. The summed E-state index contributed by atoms with van der Waals surface area (Å²) < 4.78 is 9.86. The molecule has 0 saturated carbocycles. The summed E-state index contributed by atoms with van der Waals surface area (Å²) in [6, 6.07) is 3.52. The quantitative estimate of drug-likeness (QED) is 0.677. The van der Waals surface area contributed by atoms with Crippen LogP contribution in [0.5, 0.6) is 0 Å². The molecule has 0 N–H and O–H groups in total. The summed E-state index contributed by atoms with van der Waals surface area (Å²) in [5.41, 5.74) is 0. The van der Waals surface area contributed by atoms with Gasteiger partial charge in [-0.1, -0.05) is 11.7 Å². The van der Waals surface area contributed by atoms with E-state index in [0.717, 1.165) is 0 Å². The molecule has 4 nitrogen and oxygen atoms in total. The predicted molar refractivity (Wildman–Crippen MR) is 42.1 cm³/mol. The van der Waals surface area contributed by atoms with Crippen molar-refractivity contribution in [2.45, 2.75) is 0 Å². The van der Waals surface area contributed by atoms with E-state index in [9.17, 15) is 0 Å². The van der Waals surface area contributed by atoms with Crippen LogP contribution in [0.15, 0.2) is 33.9 Å². The molecule has 12 heavy (non-hydrogen) atoms. The highest BCUT2D eigenvalue weighted by Crippen LogP contribution is 2.15. The van der Waals surface area contributed by atoms with E-state index in [1.165, 1.54) is 6.08 Å². The minimum absolute atomic E-state index is 0.390. The lowest BCUT2D eigenvalue weighted by atomic mass is 10.4. The maximum absolute atomic E-state index is 5.06. The zero-order valence-corrected chi connectivity index (χ0v) is 6.23. The van der Waals surface area contributed by atoms with Crippen LogP contribution in [0.3, 0.4) is 0 Å². The van der Waals surface area contributed by atoms with Gasteiger partial charge in [0.05, 0.1) is 6.26 Å². The monoisotopic (exact) mass is 162 g/mol. The van der Waals surface area contributed by atoms with Crippen molar-refractivity contribution < 1.29 is 8.94 Å². The molecule has 2 rings (SSSR count). The van der Waals surface area contributed by atoms with E-state index in [-0.39, 0.29) is 0 Å². The smallest absolute Gasteiger partial charge is 0.250 e. The van der Waals surface area contributed by atoms with Gasteiger partial charge in [-0.25, -0.2) is 0 Å². The number of hydrogen-bond acceptors (Lipinski definition) is 4. The molecule has 2 heterocycles. The van der Waals surface area contributed by atoms with Gasteiger partial charge >= 0.3 is 0 Å². The largest absolute Gasteiger partial charge is 0.461 e. The lowest BCUT2D eigenvalue weighted by Gasteiger charge is -1.80. The number of aromatic nitrogens is 2. The molecular formula is C8H6N2O2. The Labute approximate surface area is 68.5 Å². The van der Waals surface area contributed by atoms with E-state index in [2.05, 4.69) is 16.7 Å². The Balaban J connectivity index is 2.41. The Kier molecular flexibility index (Phi) is 1.51. The van der Waals surface area contributed by atoms with Crippen molar-refractivity contribution in [2.24, 2.45) is 0 Å². The fraction of sp³-hybridized carbons (Fsp3) is 0. The van der Waals surface area contributed by atoms with Gasteiger partial charge in [-0.2, -0.15) is 4.98 Å². The summed E-state index contributed by atoms with van der Waals surface area (Å²) in [7, 11) is 0. The number of nitrogens with zero attached hydrogens (tertiary/aromatic N) is 2. The highest BCUT2D eigenvalue weighted by atomic mass is 16.5. The molecule has 0 aliphatic carbocycles. The molecule has 0 aliphatic rings. The Bertz CT molecular complexity index is 375. The van der Waals surface area contributed by atoms with Crippen LogP contribution >= 0.6 is 0 Å². The zero-order chi connectivity index (χ0) is 8.39. The molecule has 0 spiro atoms. The Hall–Kier alpha value is -1.84. The molecule has 0 unspecified atom stereocenters. The van der Waals surface area contributed by atoms with Gasteiger partial charge in [-0.15, -0.1) is 0 Å². The molecule has 2 aromatic heterocycles. The molecule has 0 amide bonds. The SMILES string of the molecule is C=Cc1nc(-c2ccco2)no1. The molecule has 0 atom stereocenters. The maximum atomic E-state index is 5.06. The molecule has 4 heteroatoms. The van der Waals surface area contributed by atoms with E-state index in [0.29, 0.717) is 17.5 Å². The fourth-order valence-electron chi connectivity index (χ4n) is 0.824. The first kappa shape index (κ1) is 6.84. The first-order valence-electron chi connectivity index (χ1n) is 3.40. The van der Waals surface area contributed by atoms with Crippen molar-refractivity contribution >= 4 is 6.08 Å². The number of furan rings is 1. The summed E-state index contributed by atoms with van der Waals surface area (Å²) in [4.78, 5) is 3.98. The minimum atomic E-state index is 0.390. The zero-order valence-electron chi connectivity index (χ0n) is 6.23. The van der Waals surface area contributed by atoms with Gasteiger partial charge in [-0.05, 0) is 18.2 Å². The van der Waals surface area contributed by atoms with Crippen LogP contribution in [0.4, 0.5) is 0 Å². The summed E-state index contributed by atoms with van der Waals surface area (Å²) in [5, 5.41) is 3.68. The van der Waals surface area contributed by atoms with Crippen LogP contribution in [-0.4, -0.2) is 10.1 Å². The molecule has 0 saturated heterocycles. The Morgan fingerprint density at radius 1 is 1.50 bits per heavy atom. The molecule has 0 radical (unpaired) electrons. The topological polar surface area (TPSA) is 52.1 Å². The molecule has 0 fully saturated rings. The van der Waals surface area contributed by atoms with Crippen LogP contribution in [0.2, 0.25) is 0 Å². The summed E-state index contributed by atoms with van der Waals surface area (Å²) in [6.45, 7) is 3.50. The van der Waals surface area contributed by atoms with E-state index in [4.69, 9.17) is 8.94 Å². The Morgan fingerprint density at radius 2 is 2.42 bits per heavy atom. The van der Waals surface area contributed by atoms with Gasteiger partial charge in [-0.3, -0.25) is 0 Å². The highest BCUT2D eigenvalue weighted by molar-refractivity contribution is 5.47. The molecule has 2 aromatic rings. The van der Waals surface area contributed by atoms with Crippen molar-refractivity contribution in [3.63, 3.8) is 0 Å². The molecule has 0 bridgehead atoms. The number of hydrogen-bond donors (Lipinski definition) is 0. The standard InChI is InChI=1S/C8H6N2O2/c1-2-7-9-8(10-12-7)6-4-3-5-11-6/h2-5H,1H2. The van der Waals surface area contributed by atoms with Gasteiger partial charge < -0.3 is 8.94 Å². The van der Waals surface area contributed by atoms with Crippen molar-refractivity contribution in [3.05, 3.63) is 30.9 Å². The van der Waals surface area contributed by atoms with Crippen molar-refractivity contribution in [1.82, 2.24) is 10.1 Å². The second kappa shape index (κ2) is 2.65. The summed E-state index contributed by atoms with van der Waals surface area (Å²) in [5.74, 6) is 1.42. The summed E-state index contributed by atoms with van der Waals surface area (Å²) in [6.07, 6.45) is 3.04. The predicted octanol–water partition coefficient (Wildman–Crippen LogP) is 1.97. The van der Waals surface area contributed by atoms with Gasteiger partial charge in [0.15, 0.2) is 5.76 Å². The van der Waals surface area contributed by atoms with E-state index in [1.54, 1.807) is 18.4 Å². The second-order valence-corrected chi connectivity index (χ2v) is 2.14. The molecule has 0 aromatic carbocycles. The minimum Gasteiger partial charge on any atom is -0.461 e. The number of rotatable bonds is 2. The van der Waals surface area contributed by atoms with Gasteiger partial charge in [0.25, 0.3) is 0 Å². The maximum Gasteiger partial charge on any atom is 0.250 e. The van der Waals surface area contributed by atoms with E-state index >= 15 is 0 Å². The third kappa shape index (κ3) is 1.03. The van der Waals surface area contributed by atoms with E-state index < -0.39 is 0 Å². The van der Waals surface area contributed by atoms with Gasteiger partial charge in [0.1, 0.15) is 0 Å². The first-order valence-corrected chi connectivity index (χ1v) is 3.40. The highest BCUT2D eigenvalue weighted by Gasteiger charge is 2.07. The fourth-order valence-corrected chi connectivity index (χ4v) is 0.824. The summed E-state index contributed by atoms with van der Waals surface area (Å²) >= 11 is 0. The first-order chi connectivity index (χ1) is 5.90. The third-order valence-electron chi connectivity index (χ3n) is 1.36. The lowest BCUT2D eigenvalue weighted by Crippen LogP contribution is -1.75. The van der Waals surface area contributed by atoms with Crippen molar-refractivity contribution in [1.29, 1.82) is 0 Å². The van der Waals surface area contributed by atoms with Gasteiger partial charge in [0, 0.05) is 0 Å².